The van der Waals surface area contributed by atoms with E-state index in [4.69, 9.17) is 14.5 Å². The van der Waals surface area contributed by atoms with Crippen LogP contribution in [0.5, 0.6) is 0 Å². The molecule has 3 fully saturated rings. The van der Waals surface area contributed by atoms with Crippen molar-refractivity contribution in [3.63, 3.8) is 0 Å². The van der Waals surface area contributed by atoms with Crippen LogP contribution in [0.4, 0.5) is 10.6 Å². The third-order valence-corrected chi connectivity index (χ3v) is 7.39. The number of ether oxygens (including phenoxy) is 2. The molecule has 0 spiro atoms. The van der Waals surface area contributed by atoms with Crippen LogP contribution >= 0.6 is 0 Å². The van der Waals surface area contributed by atoms with Gasteiger partial charge in [0, 0.05) is 56.6 Å². The van der Waals surface area contributed by atoms with E-state index in [9.17, 15) is 9.59 Å². The largest absolute Gasteiger partial charge is 0.443 e. The molecule has 5 heterocycles. The number of hydrazine groups is 1. The Morgan fingerprint density at radius 3 is 2.66 bits per heavy atom. The summed E-state index contributed by atoms with van der Waals surface area (Å²) < 4.78 is 11.4. The summed E-state index contributed by atoms with van der Waals surface area (Å²) in [6.45, 7) is 9.88. The maximum Gasteiger partial charge on any atom is 0.416 e. The number of aliphatic imine (C=N–C) groups is 1. The molecule has 12 nitrogen and oxygen atoms in total. The lowest BCUT2D eigenvalue weighted by molar-refractivity contribution is -0.121. The second-order valence-corrected chi connectivity index (χ2v) is 11.8. The number of amidine groups is 1. The quantitative estimate of drug-likeness (QED) is 0.571. The van der Waals surface area contributed by atoms with Gasteiger partial charge in [0.1, 0.15) is 29.8 Å². The number of hydrogen-bond acceptors (Lipinski definition) is 10. The summed E-state index contributed by atoms with van der Waals surface area (Å²) in [6, 6.07) is 6.03. The Hall–Kier alpha value is -3.90. The Morgan fingerprint density at radius 1 is 1.17 bits per heavy atom. The molecular weight excluding hydrogens is 524 g/mol. The molecule has 1 aliphatic carbocycles. The number of aromatic nitrogens is 1. The van der Waals surface area contributed by atoms with Gasteiger partial charge in [0.15, 0.2) is 5.82 Å². The standard InChI is InChI=1S/C29H38N8O4/c1-29(2,3)41-28(39)36(22-7-8-22)26-16-24(35-12-10-34(11-13-35)23-6-4-5-9-30-23)33-27-21(17-32-37(26)27)14-20-15-25(38)31-19-40-18-20/h4-6,9,14,16,22,32H,7-8,10-13,15,17-19H2,1-3H3,(H,31,38)/b20-14+. The zero-order chi connectivity index (χ0) is 28.6. The van der Waals surface area contributed by atoms with Crippen LogP contribution in [-0.2, 0) is 14.3 Å². The van der Waals surface area contributed by atoms with Gasteiger partial charge in [-0.2, -0.15) is 0 Å². The van der Waals surface area contributed by atoms with Gasteiger partial charge in [-0.15, -0.1) is 0 Å². The smallest absolute Gasteiger partial charge is 0.416 e. The van der Waals surface area contributed by atoms with Gasteiger partial charge in [-0.3, -0.25) is 9.69 Å². The Balaban J connectivity index is 1.33. The first-order valence-electron chi connectivity index (χ1n) is 14.3. The van der Waals surface area contributed by atoms with Crippen LogP contribution in [-0.4, -0.2) is 95.3 Å². The SMILES string of the molecule is CC(C)(C)OC(=O)N(C1=CC(N2CCN(c3ccccn3)CC2)=NC2=C(/C=C3/COCNC(=O)C3)CNN12)C1CC1. The zero-order valence-electron chi connectivity index (χ0n) is 23.9. The molecule has 12 heteroatoms. The van der Waals surface area contributed by atoms with Crippen molar-refractivity contribution in [2.75, 3.05) is 51.0 Å². The van der Waals surface area contributed by atoms with Crippen LogP contribution in [0, 0.1) is 0 Å². The highest BCUT2D eigenvalue weighted by Crippen LogP contribution is 2.37. The minimum atomic E-state index is -0.620. The molecule has 5 aliphatic rings. The number of anilines is 1. The number of carbonyl (C=O) groups excluding carboxylic acids is 2. The number of rotatable bonds is 4. The monoisotopic (exact) mass is 562 g/mol. The first kappa shape index (κ1) is 27.3. The summed E-state index contributed by atoms with van der Waals surface area (Å²) in [5.41, 5.74) is 4.62. The first-order valence-corrected chi connectivity index (χ1v) is 14.3. The number of nitrogens with zero attached hydrogens (tertiary/aromatic N) is 6. The third kappa shape index (κ3) is 6.23. The Morgan fingerprint density at radius 2 is 1.95 bits per heavy atom. The fourth-order valence-corrected chi connectivity index (χ4v) is 5.30. The first-order chi connectivity index (χ1) is 19.7. The molecule has 1 saturated carbocycles. The minimum absolute atomic E-state index is 0.0637. The molecule has 41 heavy (non-hydrogen) atoms. The van der Waals surface area contributed by atoms with Gasteiger partial charge in [-0.05, 0) is 51.3 Å². The summed E-state index contributed by atoms with van der Waals surface area (Å²) >= 11 is 0. The molecule has 4 aliphatic heterocycles. The molecule has 2 amide bonds. The summed E-state index contributed by atoms with van der Waals surface area (Å²) in [5, 5.41) is 4.63. The van der Waals surface area contributed by atoms with E-state index >= 15 is 0 Å². The number of amides is 2. The van der Waals surface area contributed by atoms with Crippen LogP contribution in [0.3, 0.4) is 0 Å². The molecular formula is C29H38N8O4. The number of carbonyl (C=O) groups is 2. The number of piperazine rings is 1. The number of pyridine rings is 1. The van der Waals surface area contributed by atoms with Crippen molar-refractivity contribution >= 4 is 23.7 Å². The van der Waals surface area contributed by atoms with Crippen LogP contribution < -0.4 is 15.6 Å². The van der Waals surface area contributed by atoms with E-state index in [-0.39, 0.29) is 31.2 Å². The lowest BCUT2D eigenvalue weighted by atomic mass is 10.1. The maximum absolute atomic E-state index is 13.5. The van der Waals surface area contributed by atoms with Gasteiger partial charge in [0.05, 0.1) is 13.0 Å². The van der Waals surface area contributed by atoms with Crippen molar-refractivity contribution in [3.05, 3.63) is 59.3 Å². The average Bonchev–Trinajstić information content (AvgIpc) is 3.73. The van der Waals surface area contributed by atoms with E-state index < -0.39 is 5.60 Å². The predicted molar refractivity (Wildman–Crippen MR) is 153 cm³/mol. The Labute approximate surface area is 240 Å². The number of nitrogens with one attached hydrogen (secondary N) is 2. The van der Waals surface area contributed by atoms with Crippen molar-refractivity contribution in [2.45, 2.75) is 51.7 Å². The molecule has 0 radical (unpaired) electrons. The summed E-state index contributed by atoms with van der Waals surface area (Å²) in [5.74, 6) is 3.13. The van der Waals surface area contributed by atoms with Crippen LogP contribution in [0.15, 0.2) is 64.3 Å². The topological polar surface area (TPSA) is 115 Å². The van der Waals surface area contributed by atoms with E-state index in [1.54, 1.807) is 4.90 Å². The number of fused-ring (bicyclic) bond motifs is 1. The highest BCUT2D eigenvalue weighted by atomic mass is 16.6. The second kappa shape index (κ2) is 11.2. The zero-order valence-corrected chi connectivity index (χ0v) is 23.9. The van der Waals surface area contributed by atoms with Crippen molar-refractivity contribution in [1.82, 2.24) is 30.5 Å². The maximum atomic E-state index is 13.5. The summed E-state index contributed by atoms with van der Waals surface area (Å²) in [6.07, 6.45) is 7.56. The fourth-order valence-electron chi connectivity index (χ4n) is 5.30. The molecule has 6 rings (SSSR count). The molecule has 0 atom stereocenters. The Kier molecular flexibility index (Phi) is 7.43. The molecule has 2 N–H and O–H groups in total. The average molecular weight is 563 g/mol. The van der Waals surface area contributed by atoms with Gasteiger partial charge >= 0.3 is 6.09 Å². The van der Waals surface area contributed by atoms with Gasteiger partial charge in [-0.1, -0.05) is 12.1 Å². The third-order valence-electron chi connectivity index (χ3n) is 7.39. The predicted octanol–water partition coefficient (Wildman–Crippen LogP) is 2.31. The van der Waals surface area contributed by atoms with E-state index in [2.05, 4.69) is 25.5 Å². The van der Waals surface area contributed by atoms with E-state index in [1.807, 2.05) is 62.3 Å². The molecule has 2 saturated heterocycles. The van der Waals surface area contributed by atoms with Crippen molar-refractivity contribution in [1.29, 1.82) is 0 Å². The van der Waals surface area contributed by atoms with E-state index in [0.717, 1.165) is 67.6 Å². The lowest BCUT2D eigenvalue weighted by Crippen LogP contribution is -2.51. The molecule has 1 aromatic rings. The highest BCUT2D eigenvalue weighted by molar-refractivity contribution is 5.96. The van der Waals surface area contributed by atoms with Crippen LogP contribution in [0.25, 0.3) is 0 Å². The second-order valence-electron chi connectivity index (χ2n) is 11.8. The van der Waals surface area contributed by atoms with Crippen molar-refractivity contribution in [3.8, 4) is 0 Å². The van der Waals surface area contributed by atoms with Crippen LogP contribution in [0.2, 0.25) is 0 Å². The molecule has 1 aromatic heterocycles. The van der Waals surface area contributed by atoms with Gasteiger partial charge in [0.2, 0.25) is 5.91 Å². The van der Waals surface area contributed by atoms with Gasteiger partial charge in [-0.25, -0.2) is 25.2 Å². The fraction of sp³-hybridized carbons (Fsp3) is 0.517. The Bertz CT molecular complexity index is 1300. The highest BCUT2D eigenvalue weighted by Gasteiger charge is 2.43. The van der Waals surface area contributed by atoms with E-state index in [1.165, 1.54) is 0 Å². The molecule has 0 aromatic carbocycles. The van der Waals surface area contributed by atoms with Crippen molar-refractivity contribution < 1.29 is 19.1 Å². The summed E-state index contributed by atoms with van der Waals surface area (Å²) in [7, 11) is 0. The molecule has 0 bridgehead atoms. The molecule has 218 valence electrons. The molecule has 0 unspecified atom stereocenters. The van der Waals surface area contributed by atoms with Gasteiger partial charge < -0.3 is 24.6 Å². The minimum Gasteiger partial charge on any atom is -0.443 e. The number of hydrogen-bond donors (Lipinski definition) is 2. The summed E-state index contributed by atoms with van der Waals surface area (Å²) in [4.78, 5) is 41.6. The lowest BCUT2D eigenvalue weighted by Gasteiger charge is -2.40. The van der Waals surface area contributed by atoms with Crippen molar-refractivity contribution in [2.24, 2.45) is 4.99 Å². The van der Waals surface area contributed by atoms with Gasteiger partial charge in [0.25, 0.3) is 0 Å². The van der Waals surface area contributed by atoms with Crippen LogP contribution in [0.1, 0.15) is 40.0 Å². The van der Waals surface area contributed by atoms with E-state index in [0.29, 0.717) is 19.0 Å². The normalized spacial score (nSPS) is 22.7.